The van der Waals surface area contributed by atoms with Gasteiger partial charge in [0.25, 0.3) is 0 Å². The Morgan fingerprint density at radius 1 is 1.17 bits per heavy atom. The highest BCUT2D eigenvalue weighted by Gasteiger charge is 2.04. The Labute approximate surface area is 75.2 Å². The lowest BCUT2D eigenvalue weighted by Crippen LogP contribution is -1.76. The zero-order valence-corrected chi connectivity index (χ0v) is 8.58. The second-order valence-electron chi connectivity index (χ2n) is 2.97. The fourth-order valence-corrected chi connectivity index (χ4v) is 1.16. The van der Waals surface area contributed by atoms with Crippen molar-refractivity contribution in [2.45, 2.75) is 47.0 Å². The molecule has 0 heterocycles. The van der Waals surface area contributed by atoms with Crippen LogP contribution < -0.4 is 0 Å². The highest BCUT2D eigenvalue weighted by atomic mass is 19.1. The molecular formula is C11H19F. The van der Waals surface area contributed by atoms with Crippen LogP contribution in [0.15, 0.2) is 23.0 Å². The van der Waals surface area contributed by atoms with E-state index in [2.05, 4.69) is 0 Å². The Balaban J connectivity index is 0.000000561. The van der Waals surface area contributed by atoms with Gasteiger partial charge in [-0.1, -0.05) is 19.4 Å². The molecular weight excluding hydrogens is 151 g/mol. The first-order chi connectivity index (χ1) is 5.70. The number of hydrogen-bond acceptors (Lipinski definition) is 0. The van der Waals surface area contributed by atoms with Crippen molar-refractivity contribution in [1.29, 1.82) is 0 Å². The third-order valence-corrected chi connectivity index (χ3v) is 1.90. The summed E-state index contributed by atoms with van der Waals surface area (Å²) in [5.74, 6) is -0.0185. The van der Waals surface area contributed by atoms with Gasteiger partial charge in [-0.05, 0) is 44.8 Å². The Hall–Kier alpha value is -0.590. The SMILES string of the molecule is CC.CC1=CC(F)=C(C)CCC1. The largest absolute Gasteiger partial charge is 0.207 e. The summed E-state index contributed by atoms with van der Waals surface area (Å²) in [5.41, 5.74) is 2.06. The van der Waals surface area contributed by atoms with E-state index in [-0.39, 0.29) is 5.83 Å². The Bertz CT molecular complexity index is 187. The maximum absolute atomic E-state index is 12.9. The number of halogens is 1. The van der Waals surface area contributed by atoms with Crippen LogP contribution in [0.1, 0.15) is 47.0 Å². The molecule has 0 bridgehead atoms. The second-order valence-corrected chi connectivity index (χ2v) is 2.97. The van der Waals surface area contributed by atoms with Crippen LogP contribution in [0.5, 0.6) is 0 Å². The van der Waals surface area contributed by atoms with E-state index in [0.717, 1.165) is 30.4 Å². The molecule has 0 aliphatic heterocycles. The lowest BCUT2D eigenvalue weighted by atomic mass is 10.1. The average molecular weight is 170 g/mol. The van der Waals surface area contributed by atoms with E-state index >= 15 is 0 Å². The summed E-state index contributed by atoms with van der Waals surface area (Å²) in [4.78, 5) is 0. The van der Waals surface area contributed by atoms with Crippen molar-refractivity contribution >= 4 is 0 Å². The molecule has 1 rings (SSSR count). The first kappa shape index (κ1) is 11.4. The molecule has 1 heteroatoms. The van der Waals surface area contributed by atoms with Gasteiger partial charge in [0.05, 0.1) is 0 Å². The zero-order valence-electron chi connectivity index (χ0n) is 8.58. The van der Waals surface area contributed by atoms with Gasteiger partial charge in [0, 0.05) is 0 Å². The fourth-order valence-electron chi connectivity index (χ4n) is 1.16. The van der Waals surface area contributed by atoms with Crippen LogP contribution in [0, 0.1) is 0 Å². The molecule has 0 N–H and O–H groups in total. The highest BCUT2D eigenvalue weighted by Crippen LogP contribution is 2.22. The minimum absolute atomic E-state index is 0.0185. The highest BCUT2D eigenvalue weighted by molar-refractivity contribution is 5.23. The molecule has 0 radical (unpaired) electrons. The third-order valence-electron chi connectivity index (χ3n) is 1.90. The molecule has 0 nitrogen and oxygen atoms in total. The van der Waals surface area contributed by atoms with Gasteiger partial charge >= 0.3 is 0 Å². The molecule has 0 atom stereocenters. The average Bonchev–Trinajstić information content (AvgIpc) is 2.19. The van der Waals surface area contributed by atoms with Crippen molar-refractivity contribution in [3.8, 4) is 0 Å². The maximum atomic E-state index is 12.9. The minimum atomic E-state index is -0.0185. The van der Waals surface area contributed by atoms with Crippen molar-refractivity contribution in [3.05, 3.63) is 23.0 Å². The van der Waals surface area contributed by atoms with Crippen molar-refractivity contribution in [1.82, 2.24) is 0 Å². The molecule has 0 aromatic heterocycles. The Kier molecular flexibility index (Phi) is 5.69. The van der Waals surface area contributed by atoms with Crippen LogP contribution in [0.3, 0.4) is 0 Å². The van der Waals surface area contributed by atoms with Crippen LogP contribution in [-0.2, 0) is 0 Å². The maximum Gasteiger partial charge on any atom is 0.122 e. The summed E-state index contributed by atoms with van der Waals surface area (Å²) in [7, 11) is 0. The van der Waals surface area contributed by atoms with Gasteiger partial charge in [-0.3, -0.25) is 0 Å². The molecule has 70 valence electrons. The first-order valence-corrected chi connectivity index (χ1v) is 4.72. The second kappa shape index (κ2) is 5.99. The molecule has 0 saturated carbocycles. The van der Waals surface area contributed by atoms with E-state index in [0.29, 0.717) is 0 Å². The molecule has 12 heavy (non-hydrogen) atoms. The Morgan fingerprint density at radius 3 is 2.33 bits per heavy atom. The summed E-state index contributed by atoms with van der Waals surface area (Å²) in [5, 5.41) is 0. The fraction of sp³-hybridized carbons (Fsp3) is 0.636. The van der Waals surface area contributed by atoms with E-state index in [1.165, 1.54) is 0 Å². The van der Waals surface area contributed by atoms with Crippen LogP contribution in [0.4, 0.5) is 4.39 Å². The van der Waals surface area contributed by atoms with Crippen molar-refractivity contribution < 1.29 is 4.39 Å². The van der Waals surface area contributed by atoms with Crippen LogP contribution in [0.25, 0.3) is 0 Å². The van der Waals surface area contributed by atoms with E-state index in [1.54, 1.807) is 6.08 Å². The smallest absolute Gasteiger partial charge is 0.122 e. The summed E-state index contributed by atoms with van der Waals surface area (Å²) < 4.78 is 12.9. The van der Waals surface area contributed by atoms with Crippen molar-refractivity contribution in [2.24, 2.45) is 0 Å². The van der Waals surface area contributed by atoms with E-state index in [9.17, 15) is 4.39 Å². The summed E-state index contributed by atoms with van der Waals surface area (Å²) >= 11 is 0. The summed E-state index contributed by atoms with van der Waals surface area (Å²) in [6.45, 7) is 7.85. The van der Waals surface area contributed by atoms with Gasteiger partial charge in [0.1, 0.15) is 5.83 Å². The van der Waals surface area contributed by atoms with Gasteiger partial charge in [-0.2, -0.15) is 0 Å². The van der Waals surface area contributed by atoms with Gasteiger partial charge in [-0.15, -0.1) is 0 Å². The van der Waals surface area contributed by atoms with Crippen molar-refractivity contribution in [3.63, 3.8) is 0 Å². The molecule has 0 unspecified atom stereocenters. The molecule has 0 saturated heterocycles. The van der Waals surface area contributed by atoms with Gasteiger partial charge < -0.3 is 0 Å². The lowest BCUT2D eigenvalue weighted by Gasteiger charge is -1.94. The van der Waals surface area contributed by atoms with Gasteiger partial charge in [0.15, 0.2) is 0 Å². The van der Waals surface area contributed by atoms with Crippen LogP contribution in [-0.4, -0.2) is 0 Å². The predicted octanol–water partition coefficient (Wildman–Crippen LogP) is 4.39. The topological polar surface area (TPSA) is 0 Å². The summed E-state index contributed by atoms with van der Waals surface area (Å²) in [6, 6.07) is 0. The normalized spacial score (nSPS) is 17.6. The van der Waals surface area contributed by atoms with E-state index in [1.807, 2.05) is 27.7 Å². The molecule has 0 spiro atoms. The van der Waals surface area contributed by atoms with Gasteiger partial charge in [-0.25, -0.2) is 4.39 Å². The van der Waals surface area contributed by atoms with Crippen LogP contribution in [0.2, 0.25) is 0 Å². The lowest BCUT2D eigenvalue weighted by molar-refractivity contribution is 0.646. The molecule has 0 fully saturated rings. The molecule has 0 amide bonds. The minimum Gasteiger partial charge on any atom is -0.207 e. The standard InChI is InChI=1S/C9H13F.C2H6/c1-7-4-3-5-8(2)9(10)6-7;1-2/h6H,3-5H2,1-2H3;1-2H3. The monoisotopic (exact) mass is 170 g/mol. The molecule has 0 aromatic rings. The third kappa shape index (κ3) is 3.70. The molecule has 0 aromatic carbocycles. The zero-order chi connectivity index (χ0) is 9.56. The van der Waals surface area contributed by atoms with E-state index < -0.39 is 0 Å². The summed E-state index contributed by atoms with van der Waals surface area (Å²) in [6.07, 6.45) is 4.72. The molecule has 1 aliphatic rings. The van der Waals surface area contributed by atoms with Gasteiger partial charge in [0.2, 0.25) is 0 Å². The predicted molar refractivity (Wildman–Crippen MR) is 52.8 cm³/mol. The number of hydrogen-bond donors (Lipinski definition) is 0. The quantitative estimate of drug-likeness (QED) is 0.506. The number of rotatable bonds is 0. The number of allylic oxidation sites excluding steroid dienone is 4. The van der Waals surface area contributed by atoms with Crippen molar-refractivity contribution in [2.75, 3.05) is 0 Å². The first-order valence-electron chi connectivity index (χ1n) is 4.72. The Morgan fingerprint density at radius 2 is 1.75 bits per heavy atom. The van der Waals surface area contributed by atoms with E-state index in [4.69, 9.17) is 0 Å². The van der Waals surface area contributed by atoms with Crippen LogP contribution >= 0.6 is 0 Å². The molecule has 1 aliphatic carbocycles.